The molecule has 2 N–H and O–H groups in total. The fraction of sp³-hybridized carbons (Fsp3) is 0.333. The molecule has 0 aliphatic heterocycles. The molecule has 0 atom stereocenters. The minimum atomic E-state index is -0.227. The smallest absolute Gasteiger partial charge is 0.323 e. The van der Waals surface area contributed by atoms with E-state index in [1.54, 1.807) is 4.80 Å². The topological polar surface area (TPSA) is 95.5 Å². The first-order valence-electron chi connectivity index (χ1n) is 9.60. The molecule has 8 nitrogen and oxygen atoms in total. The van der Waals surface area contributed by atoms with Gasteiger partial charge in [0.25, 0.3) is 0 Å². The van der Waals surface area contributed by atoms with Crippen LogP contribution in [0.3, 0.4) is 0 Å². The molecular weight excluding hydrogens is 366 g/mol. The lowest BCUT2D eigenvalue weighted by molar-refractivity contribution is 0.305. The average Bonchev–Trinajstić information content (AvgIpc) is 3.27. The molecule has 0 aliphatic carbocycles. The fourth-order valence-corrected chi connectivity index (χ4v) is 3.21. The van der Waals surface area contributed by atoms with Crippen LogP contribution in [0.4, 0.5) is 5.69 Å². The monoisotopic (exact) mass is 391 g/mol. The second kappa shape index (κ2) is 7.20. The summed E-state index contributed by atoms with van der Waals surface area (Å²) in [5.41, 5.74) is 4.54. The number of fused-ring (bicyclic) bond motifs is 1. The molecule has 0 aliphatic rings. The number of aromatic nitrogens is 6. The second-order valence-corrected chi connectivity index (χ2v) is 8.26. The van der Waals surface area contributed by atoms with E-state index < -0.39 is 0 Å². The third-order valence-corrected chi connectivity index (χ3v) is 4.87. The minimum Gasteiger partial charge on any atom is -0.359 e. The number of imidazole rings is 1. The number of H-pyrrole nitrogens is 2. The van der Waals surface area contributed by atoms with E-state index >= 15 is 0 Å². The molecule has 0 bridgehead atoms. The van der Waals surface area contributed by atoms with Crippen molar-refractivity contribution in [3.05, 3.63) is 69.9 Å². The fourth-order valence-electron chi connectivity index (χ4n) is 3.21. The van der Waals surface area contributed by atoms with Crippen molar-refractivity contribution >= 4 is 16.7 Å². The van der Waals surface area contributed by atoms with Crippen LogP contribution in [0.15, 0.2) is 47.3 Å². The zero-order chi connectivity index (χ0) is 20.6. The van der Waals surface area contributed by atoms with Crippen LogP contribution in [0, 0.1) is 6.92 Å². The van der Waals surface area contributed by atoms with Gasteiger partial charge in [-0.25, -0.2) is 4.79 Å². The van der Waals surface area contributed by atoms with Crippen molar-refractivity contribution in [2.45, 2.75) is 46.3 Å². The first kappa shape index (κ1) is 18.9. The van der Waals surface area contributed by atoms with Gasteiger partial charge in [-0.2, -0.15) is 4.80 Å². The number of anilines is 1. The molecule has 0 amide bonds. The van der Waals surface area contributed by atoms with Gasteiger partial charge in [0.1, 0.15) is 0 Å². The average molecular weight is 391 g/mol. The van der Waals surface area contributed by atoms with Crippen molar-refractivity contribution in [3.63, 3.8) is 0 Å². The van der Waals surface area contributed by atoms with E-state index in [4.69, 9.17) is 0 Å². The molecule has 2 heterocycles. The van der Waals surface area contributed by atoms with Crippen molar-refractivity contribution < 1.29 is 0 Å². The SMILES string of the molecule is Cc1ccccc1CN(Cc1nnn(C(C)(C)C)n1)c1ccc2[nH]c(=O)[nH]c2c1. The molecule has 4 rings (SSSR count). The molecule has 8 heteroatoms. The van der Waals surface area contributed by atoms with Crippen LogP contribution in [-0.2, 0) is 18.6 Å². The summed E-state index contributed by atoms with van der Waals surface area (Å²) in [7, 11) is 0. The summed E-state index contributed by atoms with van der Waals surface area (Å²) in [4.78, 5) is 21.1. The van der Waals surface area contributed by atoms with Crippen LogP contribution in [0.1, 0.15) is 37.7 Å². The van der Waals surface area contributed by atoms with Crippen LogP contribution in [-0.4, -0.2) is 30.2 Å². The van der Waals surface area contributed by atoms with Gasteiger partial charge in [-0.1, -0.05) is 24.3 Å². The van der Waals surface area contributed by atoms with Crippen molar-refractivity contribution in [1.29, 1.82) is 0 Å². The van der Waals surface area contributed by atoms with Crippen molar-refractivity contribution in [2.24, 2.45) is 0 Å². The maximum atomic E-state index is 11.6. The van der Waals surface area contributed by atoms with Crippen LogP contribution in [0.25, 0.3) is 11.0 Å². The summed E-state index contributed by atoms with van der Waals surface area (Å²) in [6, 6.07) is 14.2. The zero-order valence-corrected chi connectivity index (χ0v) is 17.1. The van der Waals surface area contributed by atoms with Crippen LogP contribution in [0.5, 0.6) is 0 Å². The Bertz CT molecular complexity index is 1200. The van der Waals surface area contributed by atoms with Gasteiger partial charge < -0.3 is 14.9 Å². The van der Waals surface area contributed by atoms with Gasteiger partial charge >= 0.3 is 5.69 Å². The predicted octanol–water partition coefficient (Wildman–Crippen LogP) is 3.11. The standard InChI is InChI=1S/C21H25N7O/c1-14-7-5-6-8-15(14)12-27(13-19-24-26-28(25-19)21(2,3)4)16-9-10-17-18(11-16)23-20(29)22-17/h5-11H,12-13H2,1-4H3,(H2,22,23,29). The van der Waals surface area contributed by atoms with Crippen molar-refractivity contribution in [3.8, 4) is 0 Å². The quantitative estimate of drug-likeness (QED) is 0.545. The number of aryl methyl sites for hydroxylation is 1. The Morgan fingerprint density at radius 2 is 1.79 bits per heavy atom. The lowest BCUT2D eigenvalue weighted by atomic mass is 10.1. The van der Waals surface area contributed by atoms with Gasteiger partial charge in [-0.05, 0) is 62.2 Å². The van der Waals surface area contributed by atoms with Gasteiger partial charge in [0.05, 0.1) is 23.1 Å². The third kappa shape index (κ3) is 4.06. The van der Waals surface area contributed by atoms with E-state index in [9.17, 15) is 4.79 Å². The number of aromatic amines is 2. The first-order valence-corrected chi connectivity index (χ1v) is 9.60. The molecule has 29 heavy (non-hydrogen) atoms. The summed E-state index contributed by atoms with van der Waals surface area (Å²) >= 11 is 0. The normalized spacial score (nSPS) is 11.9. The predicted molar refractivity (Wildman–Crippen MR) is 113 cm³/mol. The molecule has 0 radical (unpaired) electrons. The van der Waals surface area contributed by atoms with Crippen molar-refractivity contribution in [2.75, 3.05) is 4.90 Å². The summed E-state index contributed by atoms with van der Waals surface area (Å²) in [5, 5.41) is 13.0. The second-order valence-electron chi connectivity index (χ2n) is 8.26. The maximum absolute atomic E-state index is 11.6. The number of nitrogens with one attached hydrogen (secondary N) is 2. The molecule has 0 spiro atoms. The van der Waals surface area contributed by atoms with E-state index in [-0.39, 0.29) is 11.2 Å². The summed E-state index contributed by atoms with van der Waals surface area (Å²) < 4.78 is 0. The highest BCUT2D eigenvalue weighted by atomic mass is 16.1. The molecule has 0 saturated carbocycles. The Labute approximate surface area is 168 Å². The highest BCUT2D eigenvalue weighted by Gasteiger charge is 2.19. The molecule has 2 aromatic heterocycles. The van der Waals surface area contributed by atoms with Gasteiger partial charge in [0.15, 0.2) is 5.82 Å². The summed E-state index contributed by atoms with van der Waals surface area (Å²) in [5.74, 6) is 0.649. The van der Waals surface area contributed by atoms with Gasteiger partial charge in [-0.3, -0.25) is 0 Å². The highest BCUT2D eigenvalue weighted by Crippen LogP contribution is 2.24. The van der Waals surface area contributed by atoms with Gasteiger partial charge in [0, 0.05) is 12.2 Å². The highest BCUT2D eigenvalue weighted by molar-refractivity contribution is 5.79. The first-order chi connectivity index (χ1) is 13.8. The Morgan fingerprint density at radius 3 is 2.52 bits per heavy atom. The molecule has 0 unspecified atom stereocenters. The van der Waals surface area contributed by atoms with Crippen molar-refractivity contribution in [1.82, 2.24) is 30.2 Å². The molecule has 4 aromatic rings. The third-order valence-electron chi connectivity index (χ3n) is 4.87. The number of hydrogen-bond donors (Lipinski definition) is 2. The van der Waals surface area contributed by atoms with Gasteiger partial charge in [-0.15, -0.1) is 10.2 Å². The minimum absolute atomic E-state index is 0.211. The Balaban J connectivity index is 1.70. The van der Waals surface area contributed by atoms with E-state index in [1.807, 2.05) is 51.1 Å². The van der Waals surface area contributed by atoms with E-state index in [2.05, 4.69) is 49.3 Å². The Hall–Kier alpha value is -3.42. The molecular formula is C21H25N7O. The van der Waals surface area contributed by atoms with Gasteiger partial charge in [0.2, 0.25) is 0 Å². The van der Waals surface area contributed by atoms with E-state index in [0.29, 0.717) is 18.9 Å². The van der Waals surface area contributed by atoms with E-state index in [1.165, 1.54) is 11.1 Å². The van der Waals surface area contributed by atoms with Crippen LogP contribution >= 0.6 is 0 Å². The summed E-state index contributed by atoms with van der Waals surface area (Å²) in [6.45, 7) is 9.43. The number of tetrazole rings is 1. The van der Waals surface area contributed by atoms with Crippen LogP contribution < -0.4 is 10.6 Å². The maximum Gasteiger partial charge on any atom is 0.323 e. The lowest BCUT2D eigenvalue weighted by Gasteiger charge is -2.24. The number of hydrogen-bond acceptors (Lipinski definition) is 5. The molecule has 150 valence electrons. The molecule has 0 fully saturated rings. The Morgan fingerprint density at radius 1 is 1.03 bits per heavy atom. The zero-order valence-electron chi connectivity index (χ0n) is 17.1. The molecule has 0 saturated heterocycles. The number of nitrogens with zero attached hydrogens (tertiary/aromatic N) is 5. The van der Waals surface area contributed by atoms with E-state index in [0.717, 1.165) is 16.7 Å². The summed E-state index contributed by atoms with van der Waals surface area (Å²) in [6.07, 6.45) is 0. The number of benzene rings is 2. The molecule has 2 aromatic carbocycles. The lowest BCUT2D eigenvalue weighted by Crippen LogP contribution is -2.26. The van der Waals surface area contributed by atoms with Crippen LogP contribution in [0.2, 0.25) is 0 Å². The largest absolute Gasteiger partial charge is 0.359 e. The Kier molecular flexibility index (Phi) is 4.70. The number of rotatable bonds is 5.